The first-order chi connectivity index (χ1) is 30.3. The molecule has 330 valence electrons. The Balaban J connectivity index is 1.07. The number of anilines is 1. The van der Waals surface area contributed by atoms with Crippen LogP contribution >= 0.6 is 0 Å². The molecule has 1 saturated heterocycles. The van der Waals surface area contributed by atoms with Gasteiger partial charge < -0.3 is 29.4 Å². The van der Waals surface area contributed by atoms with E-state index in [9.17, 15) is 22.4 Å². The van der Waals surface area contributed by atoms with Crippen LogP contribution in [0.5, 0.6) is 11.6 Å². The van der Waals surface area contributed by atoms with Gasteiger partial charge in [0.15, 0.2) is 5.82 Å². The van der Waals surface area contributed by atoms with Crippen LogP contribution in [0.2, 0.25) is 0 Å². The molecular formula is C47H51FN6O8S. The number of sulfonamides is 1. The SMILES string of the molecule is C=C[C@@H]1C[C@]1(NC(=O)[C@@H]1C[C@@H](Oc2nc(-c3ccc(OC(C)C)cc3)nc3c2oc2ccccc23)CN1C(=O)[C@@H](Nc1ccc(F)cc1)C1CCCCC1)C(=O)NS(=O)(=O)C1CC1. The van der Waals surface area contributed by atoms with Crippen LogP contribution in [-0.2, 0) is 24.4 Å². The Kier molecular flexibility index (Phi) is 11.4. The average Bonchev–Trinajstić information content (AvgIpc) is 4.18. The van der Waals surface area contributed by atoms with E-state index in [0.717, 1.165) is 37.5 Å². The Hall–Kier alpha value is -6.03. The molecule has 0 spiro atoms. The molecule has 16 heteroatoms. The summed E-state index contributed by atoms with van der Waals surface area (Å²) in [6.45, 7) is 7.70. The Bertz CT molecular complexity index is 2660. The second-order valence-corrected chi connectivity index (χ2v) is 19.5. The molecule has 3 amide bonds. The smallest absolute Gasteiger partial charge is 0.262 e. The van der Waals surface area contributed by atoms with Gasteiger partial charge in [-0.25, -0.2) is 17.8 Å². The highest BCUT2D eigenvalue weighted by Gasteiger charge is 2.62. The van der Waals surface area contributed by atoms with Gasteiger partial charge in [0.2, 0.25) is 27.4 Å². The summed E-state index contributed by atoms with van der Waals surface area (Å²) in [4.78, 5) is 54.8. The molecule has 3 heterocycles. The number of benzene rings is 3. The Morgan fingerprint density at radius 2 is 1.70 bits per heavy atom. The van der Waals surface area contributed by atoms with Crippen LogP contribution in [0.25, 0.3) is 33.5 Å². The Morgan fingerprint density at radius 3 is 2.38 bits per heavy atom. The zero-order valence-corrected chi connectivity index (χ0v) is 36.0. The minimum absolute atomic E-state index is 0.00460. The lowest BCUT2D eigenvalue weighted by Crippen LogP contribution is -2.58. The number of carbonyl (C=O) groups is 3. The number of likely N-dealkylation sites (tertiary alicyclic amines) is 1. The van der Waals surface area contributed by atoms with E-state index < -0.39 is 62.5 Å². The molecule has 0 unspecified atom stereocenters. The third-order valence-electron chi connectivity index (χ3n) is 12.6. The number of nitrogens with one attached hydrogen (secondary N) is 3. The van der Waals surface area contributed by atoms with Crippen LogP contribution in [0.15, 0.2) is 89.9 Å². The molecule has 4 fully saturated rings. The zero-order chi connectivity index (χ0) is 44.0. The molecule has 3 aliphatic carbocycles. The first-order valence-electron chi connectivity index (χ1n) is 21.8. The van der Waals surface area contributed by atoms with Crippen LogP contribution in [0.4, 0.5) is 10.1 Å². The van der Waals surface area contributed by atoms with Gasteiger partial charge in [0.1, 0.15) is 46.4 Å². The number of rotatable bonds is 15. The van der Waals surface area contributed by atoms with Crippen LogP contribution in [0, 0.1) is 17.7 Å². The maximum absolute atomic E-state index is 15.1. The number of furan rings is 1. The molecule has 5 atom stereocenters. The topological polar surface area (TPSA) is 182 Å². The molecule has 63 heavy (non-hydrogen) atoms. The van der Waals surface area contributed by atoms with Crippen molar-refractivity contribution < 1.29 is 41.1 Å². The molecule has 14 nitrogen and oxygen atoms in total. The second kappa shape index (κ2) is 16.9. The van der Waals surface area contributed by atoms with Crippen molar-refractivity contribution in [1.29, 1.82) is 0 Å². The molecule has 0 radical (unpaired) electrons. The fourth-order valence-corrected chi connectivity index (χ4v) is 10.4. The fourth-order valence-electron chi connectivity index (χ4n) is 9.03. The molecule has 9 rings (SSSR count). The summed E-state index contributed by atoms with van der Waals surface area (Å²) >= 11 is 0. The highest BCUT2D eigenvalue weighted by atomic mass is 32.2. The average molecular weight is 879 g/mol. The lowest BCUT2D eigenvalue weighted by atomic mass is 9.83. The number of carbonyl (C=O) groups excluding carboxylic acids is 3. The summed E-state index contributed by atoms with van der Waals surface area (Å²) in [6, 6.07) is 18.7. The monoisotopic (exact) mass is 878 g/mol. The van der Waals surface area contributed by atoms with Gasteiger partial charge in [0.25, 0.3) is 11.8 Å². The van der Waals surface area contributed by atoms with Crippen molar-refractivity contribution in [3.8, 4) is 23.0 Å². The molecular weight excluding hydrogens is 828 g/mol. The van der Waals surface area contributed by atoms with E-state index in [1.165, 1.54) is 23.1 Å². The molecule has 4 aliphatic rings. The van der Waals surface area contributed by atoms with E-state index in [2.05, 4.69) is 21.9 Å². The molecule has 2 aromatic heterocycles. The number of ether oxygens (including phenoxy) is 2. The lowest BCUT2D eigenvalue weighted by Gasteiger charge is -2.35. The number of aromatic nitrogens is 2. The van der Waals surface area contributed by atoms with Gasteiger partial charge in [-0.1, -0.05) is 37.5 Å². The molecule has 5 aromatic rings. The Morgan fingerprint density at radius 1 is 0.968 bits per heavy atom. The summed E-state index contributed by atoms with van der Waals surface area (Å²) in [5.41, 5.74) is 1.06. The number of hydrogen-bond acceptors (Lipinski definition) is 11. The number of para-hydroxylation sites is 1. The van der Waals surface area contributed by atoms with Gasteiger partial charge in [-0.3, -0.25) is 19.1 Å². The highest BCUT2D eigenvalue weighted by molar-refractivity contribution is 7.91. The van der Waals surface area contributed by atoms with E-state index in [1.54, 1.807) is 12.1 Å². The van der Waals surface area contributed by atoms with E-state index in [4.69, 9.17) is 23.9 Å². The molecule has 1 aliphatic heterocycles. The maximum Gasteiger partial charge on any atom is 0.262 e. The van der Waals surface area contributed by atoms with Crippen molar-refractivity contribution in [1.82, 2.24) is 24.9 Å². The minimum atomic E-state index is -3.93. The van der Waals surface area contributed by atoms with Crippen molar-refractivity contribution in [2.75, 3.05) is 11.9 Å². The first kappa shape index (κ1) is 42.3. The summed E-state index contributed by atoms with van der Waals surface area (Å²) in [5.74, 6) is -1.69. The van der Waals surface area contributed by atoms with Crippen LogP contribution < -0.4 is 24.8 Å². The van der Waals surface area contributed by atoms with Gasteiger partial charge in [0.05, 0.1) is 17.9 Å². The van der Waals surface area contributed by atoms with Crippen molar-refractivity contribution in [2.45, 2.75) is 107 Å². The predicted molar refractivity (Wildman–Crippen MR) is 235 cm³/mol. The van der Waals surface area contributed by atoms with Gasteiger partial charge in [-0.2, -0.15) is 4.98 Å². The van der Waals surface area contributed by atoms with Crippen molar-refractivity contribution in [3.63, 3.8) is 0 Å². The van der Waals surface area contributed by atoms with Gasteiger partial charge in [0, 0.05) is 29.0 Å². The Labute approximate surface area is 365 Å². The minimum Gasteiger partial charge on any atom is -0.491 e. The highest BCUT2D eigenvalue weighted by Crippen LogP contribution is 2.46. The summed E-state index contributed by atoms with van der Waals surface area (Å²) in [6.07, 6.45) is 6.20. The number of nitrogens with zero attached hydrogens (tertiary/aromatic N) is 3. The summed E-state index contributed by atoms with van der Waals surface area (Å²) in [5, 5.41) is 6.35. The number of hydrogen-bond donors (Lipinski definition) is 3. The zero-order valence-electron chi connectivity index (χ0n) is 35.2. The molecule has 3 aromatic carbocycles. The largest absolute Gasteiger partial charge is 0.491 e. The summed E-state index contributed by atoms with van der Waals surface area (Å²) < 4.78 is 60.9. The van der Waals surface area contributed by atoms with Crippen LogP contribution in [0.3, 0.4) is 0 Å². The van der Waals surface area contributed by atoms with E-state index in [1.807, 2.05) is 62.4 Å². The number of amides is 3. The number of halogens is 1. The lowest BCUT2D eigenvalue weighted by molar-refractivity contribution is -0.141. The van der Waals surface area contributed by atoms with Crippen molar-refractivity contribution in [3.05, 3.63) is 91.3 Å². The van der Waals surface area contributed by atoms with Gasteiger partial charge >= 0.3 is 0 Å². The third kappa shape index (κ3) is 8.69. The maximum atomic E-state index is 15.1. The van der Waals surface area contributed by atoms with Crippen molar-refractivity contribution >= 4 is 55.5 Å². The van der Waals surface area contributed by atoms with Gasteiger partial charge in [-0.05, 0) is 113 Å². The second-order valence-electron chi connectivity index (χ2n) is 17.5. The quantitative estimate of drug-likeness (QED) is 0.0917. The van der Waals surface area contributed by atoms with E-state index in [-0.39, 0.29) is 43.2 Å². The van der Waals surface area contributed by atoms with Crippen molar-refractivity contribution in [2.24, 2.45) is 11.8 Å². The summed E-state index contributed by atoms with van der Waals surface area (Å²) in [7, 11) is -3.93. The van der Waals surface area contributed by atoms with Crippen LogP contribution in [-0.4, -0.2) is 82.6 Å². The fraction of sp³-hybridized carbons (Fsp3) is 0.426. The first-order valence-corrected chi connectivity index (χ1v) is 23.3. The van der Waals surface area contributed by atoms with Gasteiger partial charge in [-0.15, -0.1) is 6.58 Å². The molecule has 0 bridgehead atoms. The van der Waals surface area contributed by atoms with E-state index >= 15 is 4.79 Å². The molecule has 3 saturated carbocycles. The van der Waals surface area contributed by atoms with Crippen LogP contribution in [0.1, 0.15) is 71.6 Å². The molecule has 3 N–H and O–H groups in total. The third-order valence-corrected chi connectivity index (χ3v) is 14.4. The number of fused-ring (bicyclic) bond motifs is 3. The predicted octanol–water partition coefficient (Wildman–Crippen LogP) is 7.05. The normalized spacial score (nSPS) is 23.0. The standard InChI is InChI=1S/C47H51FN6O8S/c1-4-30-25-47(30,46(57)53-63(58,59)35-22-23-35)52-43(55)37-24-34(26-54(37)45(56)39(28-10-6-5-7-11-28)49-32-18-16-31(48)17-19-32)61-44-41-40(36-12-8-9-13-38(36)62-41)50-42(51-44)29-14-20-33(21-15-29)60-27(2)3/h4,8-9,12-21,27-28,30,34-35,37,39,49H,1,5-7,10-11,22-26H2,2-3H3,(H,52,55)(H,53,57)/t30-,34-,37+,39+,47-/m1/s1. The van der Waals surface area contributed by atoms with E-state index in [0.29, 0.717) is 52.3 Å².